The zero-order valence-electron chi connectivity index (χ0n) is 20.6. The average molecular weight is 513 g/mol. The van der Waals surface area contributed by atoms with Crippen molar-refractivity contribution in [1.29, 1.82) is 0 Å². The lowest BCUT2D eigenvalue weighted by Crippen LogP contribution is -2.51. The van der Waals surface area contributed by atoms with Gasteiger partial charge < -0.3 is 10.2 Å². The van der Waals surface area contributed by atoms with Crippen molar-refractivity contribution >= 4 is 22.6 Å². The Morgan fingerprint density at radius 3 is 2.20 bits per heavy atom. The molecule has 4 rings (SSSR count). The van der Waals surface area contributed by atoms with Gasteiger partial charge in [0.2, 0.25) is 11.8 Å². The number of hydrogen-bond donors (Lipinski definition) is 1. The highest BCUT2D eigenvalue weighted by atomic mass is 32.2. The van der Waals surface area contributed by atoms with Crippen molar-refractivity contribution in [2.24, 2.45) is 17.8 Å². The first-order valence-corrected chi connectivity index (χ1v) is 13.9. The van der Waals surface area contributed by atoms with Crippen LogP contribution in [0.1, 0.15) is 64.9 Å². The number of rotatable bonds is 8. The number of benzene rings is 1. The number of fused-ring (bicyclic) bond motifs is 2. The lowest BCUT2D eigenvalue weighted by molar-refractivity contribution is -0.137. The lowest BCUT2D eigenvalue weighted by atomic mass is 9.78. The van der Waals surface area contributed by atoms with Gasteiger partial charge in [0.15, 0.2) is 11.6 Å². The minimum atomic E-state index is -1.22. The summed E-state index contributed by atoms with van der Waals surface area (Å²) in [4.78, 5) is 26.8. The quantitative estimate of drug-likeness (QED) is 0.534. The van der Waals surface area contributed by atoms with Crippen LogP contribution >= 0.6 is 0 Å². The van der Waals surface area contributed by atoms with Crippen LogP contribution in [-0.2, 0) is 26.8 Å². The van der Waals surface area contributed by atoms with E-state index in [9.17, 15) is 27.0 Å². The summed E-state index contributed by atoms with van der Waals surface area (Å²) in [5.74, 6) is -2.97. The molecule has 3 aliphatic rings. The number of nitrogens with zero attached hydrogens (tertiary/aromatic N) is 1. The predicted molar refractivity (Wildman–Crippen MR) is 128 cm³/mol. The van der Waals surface area contributed by atoms with Crippen LogP contribution in [0, 0.1) is 35.2 Å². The van der Waals surface area contributed by atoms with E-state index >= 15 is 0 Å². The summed E-state index contributed by atoms with van der Waals surface area (Å²) >= 11 is 0. The molecule has 0 aromatic heterocycles. The Kier molecular flexibility index (Phi) is 7.65. The lowest BCUT2D eigenvalue weighted by Gasteiger charge is -2.42. The molecule has 2 heterocycles. The molecule has 1 aliphatic carbocycles. The minimum absolute atomic E-state index is 0.00450. The summed E-state index contributed by atoms with van der Waals surface area (Å²) in [5.41, 5.74) is 0.0912. The molecule has 2 amide bonds. The van der Waals surface area contributed by atoms with E-state index in [1.54, 1.807) is 0 Å². The number of halogens is 3. The van der Waals surface area contributed by atoms with Crippen molar-refractivity contribution in [3.05, 3.63) is 35.1 Å². The molecular weight excluding hydrogens is 477 g/mol. The molecule has 1 saturated carbocycles. The topological polar surface area (TPSA) is 66.5 Å². The number of amides is 2. The fourth-order valence-corrected chi connectivity index (χ4v) is 6.84. The molecule has 1 aromatic rings. The monoisotopic (exact) mass is 512 g/mol. The van der Waals surface area contributed by atoms with E-state index in [4.69, 9.17) is 0 Å². The van der Waals surface area contributed by atoms with Gasteiger partial charge in [0.05, 0.1) is 6.54 Å². The van der Waals surface area contributed by atoms with E-state index in [2.05, 4.69) is 5.32 Å². The van der Waals surface area contributed by atoms with Gasteiger partial charge >= 0.3 is 0 Å². The maximum atomic E-state index is 14.5. The number of carbonyl (C=O) groups is 2. The molecule has 5 atom stereocenters. The van der Waals surface area contributed by atoms with Crippen molar-refractivity contribution in [2.45, 2.75) is 82.5 Å². The van der Waals surface area contributed by atoms with Gasteiger partial charge in [-0.1, -0.05) is 0 Å². The molecule has 3 fully saturated rings. The van der Waals surface area contributed by atoms with E-state index in [0.717, 1.165) is 31.7 Å². The molecule has 9 heteroatoms. The SMILES string of the molecule is CC(C)(C)[S@](=O)C[C@H](Cc1cc(F)c(F)cc1F)C1C[C@H]2CC[C@@H](C1)N2C(=O)CNC(=O)C1CC1. The van der Waals surface area contributed by atoms with Crippen molar-refractivity contribution in [3.63, 3.8) is 0 Å². The van der Waals surface area contributed by atoms with Crippen LogP contribution in [0.3, 0.4) is 0 Å². The van der Waals surface area contributed by atoms with Crippen LogP contribution < -0.4 is 5.32 Å². The summed E-state index contributed by atoms with van der Waals surface area (Å²) in [6.45, 7) is 5.67. The van der Waals surface area contributed by atoms with E-state index in [1.807, 2.05) is 25.7 Å². The molecule has 5 nitrogen and oxygen atoms in total. The van der Waals surface area contributed by atoms with Gasteiger partial charge in [-0.25, -0.2) is 13.2 Å². The van der Waals surface area contributed by atoms with Gasteiger partial charge in [-0.15, -0.1) is 0 Å². The maximum absolute atomic E-state index is 14.5. The Hall–Kier alpha value is -1.90. The Balaban J connectivity index is 1.48. The second-order valence-electron chi connectivity index (χ2n) is 11.4. The number of piperidine rings is 1. The summed E-state index contributed by atoms with van der Waals surface area (Å²) in [7, 11) is -1.20. The van der Waals surface area contributed by atoms with Crippen LogP contribution in [0.2, 0.25) is 0 Å². The summed E-state index contributed by atoms with van der Waals surface area (Å²) < 4.78 is 54.5. The molecule has 2 saturated heterocycles. The number of nitrogens with one attached hydrogen (secondary N) is 1. The first-order valence-electron chi connectivity index (χ1n) is 12.5. The molecule has 0 spiro atoms. The Morgan fingerprint density at radius 2 is 1.63 bits per heavy atom. The van der Waals surface area contributed by atoms with Crippen molar-refractivity contribution in [3.8, 4) is 0 Å². The highest BCUT2D eigenvalue weighted by Crippen LogP contribution is 2.43. The minimum Gasteiger partial charge on any atom is -0.347 e. The highest BCUT2D eigenvalue weighted by Gasteiger charge is 2.45. The molecule has 194 valence electrons. The van der Waals surface area contributed by atoms with E-state index in [0.29, 0.717) is 24.7 Å². The van der Waals surface area contributed by atoms with E-state index < -0.39 is 33.0 Å². The first-order chi connectivity index (χ1) is 16.4. The highest BCUT2D eigenvalue weighted by molar-refractivity contribution is 7.86. The largest absolute Gasteiger partial charge is 0.347 e. The summed E-state index contributed by atoms with van der Waals surface area (Å²) in [6, 6.07) is 1.52. The average Bonchev–Trinajstić information content (AvgIpc) is 3.59. The van der Waals surface area contributed by atoms with Gasteiger partial charge in [0.25, 0.3) is 0 Å². The molecule has 0 radical (unpaired) electrons. The van der Waals surface area contributed by atoms with E-state index in [-0.39, 0.29) is 60.2 Å². The van der Waals surface area contributed by atoms with Crippen molar-refractivity contribution < 1.29 is 27.0 Å². The van der Waals surface area contributed by atoms with Crippen LogP contribution in [0.15, 0.2) is 12.1 Å². The van der Waals surface area contributed by atoms with Crippen molar-refractivity contribution in [1.82, 2.24) is 10.2 Å². The van der Waals surface area contributed by atoms with Gasteiger partial charge in [-0.2, -0.15) is 0 Å². The third kappa shape index (κ3) is 6.09. The van der Waals surface area contributed by atoms with Crippen LogP contribution in [0.4, 0.5) is 13.2 Å². The van der Waals surface area contributed by atoms with Crippen molar-refractivity contribution in [2.75, 3.05) is 12.3 Å². The molecule has 35 heavy (non-hydrogen) atoms. The third-order valence-electron chi connectivity index (χ3n) is 7.71. The first kappa shape index (κ1) is 26.2. The maximum Gasteiger partial charge on any atom is 0.242 e. The Bertz CT molecular complexity index is 994. The van der Waals surface area contributed by atoms with Gasteiger partial charge in [-0.3, -0.25) is 13.8 Å². The third-order valence-corrected chi connectivity index (χ3v) is 9.80. The standard InChI is InChI=1S/C26H35F3N2O3S/c1-26(2,3)35(34)14-18(8-17-11-22(28)23(29)12-21(17)27)16-9-19-6-7-20(10-16)31(19)24(32)13-30-25(33)15-4-5-15/h11-12,15-16,18-20H,4-10,13-14H2,1-3H3,(H,30,33)/t16?,18-,19-,20+,35+/m0/s1. The molecule has 2 aliphatic heterocycles. The smallest absolute Gasteiger partial charge is 0.242 e. The zero-order chi connectivity index (χ0) is 25.5. The second-order valence-corrected chi connectivity index (χ2v) is 13.6. The molecule has 2 bridgehead atoms. The predicted octanol–water partition coefficient (Wildman–Crippen LogP) is 4.11. The summed E-state index contributed by atoms with van der Waals surface area (Å²) in [6.07, 6.45) is 5.03. The second kappa shape index (κ2) is 10.2. The van der Waals surface area contributed by atoms with Crippen LogP contribution in [0.5, 0.6) is 0 Å². The molecule has 1 aromatic carbocycles. The zero-order valence-corrected chi connectivity index (χ0v) is 21.4. The van der Waals surface area contributed by atoms with Gasteiger partial charge in [0.1, 0.15) is 5.82 Å². The van der Waals surface area contributed by atoms with Crippen LogP contribution in [-0.4, -0.2) is 50.1 Å². The molecule has 1 N–H and O–H groups in total. The molecular formula is C26H35F3N2O3S. The normalized spacial score (nSPS) is 25.9. The van der Waals surface area contributed by atoms with E-state index in [1.165, 1.54) is 0 Å². The number of carbonyl (C=O) groups excluding carboxylic acids is 2. The fraction of sp³-hybridized carbons (Fsp3) is 0.692. The van der Waals surface area contributed by atoms with Crippen LogP contribution in [0.25, 0.3) is 0 Å². The van der Waals surface area contributed by atoms with Gasteiger partial charge in [-0.05, 0) is 89.2 Å². The Labute approximate surface area is 207 Å². The van der Waals surface area contributed by atoms with Gasteiger partial charge in [0, 0.05) is 45.4 Å². The molecule has 1 unspecified atom stereocenters. The Morgan fingerprint density at radius 1 is 1.03 bits per heavy atom. The fourth-order valence-electron chi connectivity index (χ4n) is 5.56. The number of hydrogen-bond acceptors (Lipinski definition) is 3. The summed E-state index contributed by atoms with van der Waals surface area (Å²) in [5, 5.41) is 2.76.